The molecule has 138 valence electrons. The van der Waals surface area contributed by atoms with E-state index in [2.05, 4.69) is 52.9 Å². The minimum absolute atomic E-state index is 0. The van der Waals surface area contributed by atoms with Crippen LogP contribution < -0.4 is 10.6 Å². The molecule has 3 fully saturated rings. The molecule has 25 heavy (non-hydrogen) atoms. The fraction of sp³-hybridized carbons (Fsp3) is 0.650. The minimum atomic E-state index is 0. The molecule has 4 unspecified atom stereocenters. The lowest BCUT2D eigenvalue weighted by Crippen LogP contribution is -2.68. The van der Waals surface area contributed by atoms with E-state index in [4.69, 9.17) is 4.74 Å². The summed E-state index contributed by atoms with van der Waals surface area (Å²) in [6.07, 6.45) is 6.69. The van der Waals surface area contributed by atoms with Crippen molar-refractivity contribution in [1.82, 2.24) is 10.6 Å². The summed E-state index contributed by atoms with van der Waals surface area (Å²) in [6.45, 7) is 2.93. The Bertz CT molecular complexity index is 602. The van der Waals surface area contributed by atoms with Crippen molar-refractivity contribution in [2.75, 3.05) is 13.7 Å². The van der Waals surface area contributed by atoms with Gasteiger partial charge in [-0.15, -0.1) is 24.0 Å². The highest BCUT2D eigenvalue weighted by molar-refractivity contribution is 14.0. The van der Waals surface area contributed by atoms with Gasteiger partial charge in [0.1, 0.15) is 0 Å². The number of nitrogens with one attached hydrogen (secondary N) is 2. The van der Waals surface area contributed by atoms with Crippen molar-refractivity contribution in [2.24, 2.45) is 10.4 Å². The van der Waals surface area contributed by atoms with Crippen molar-refractivity contribution in [3.63, 3.8) is 0 Å². The number of nitrogens with zero attached hydrogens (tertiary/aromatic N) is 1. The number of ether oxygens (including phenoxy) is 1. The van der Waals surface area contributed by atoms with Gasteiger partial charge in [0.2, 0.25) is 0 Å². The average molecular weight is 455 g/mol. The maximum Gasteiger partial charge on any atom is 0.191 e. The van der Waals surface area contributed by atoms with E-state index in [1.165, 1.54) is 31.2 Å². The summed E-state index contributed by atoms with van der Waals surface area (Å²) in [6, 6.07) is 11.8. The van der Waals surface area contributed by atoms with Gasteiger partial charge in [-0.2, -0.15) is 0 Å². The fourth-order valence-corrected chi connectivity index (χ4v) is 4.58. The van der Waals surface area contributed by atoms with Crippen molar-refractivity contribution >= 4 is 29.9 Å². The standard InChI is InChI=1S/C20H29N3O.HI/c1-3-24-18-13-17(20(18)10-7-11-20)23-19(21-2)22-16-12-15(16)14-8-5-4-6-9-14;/h4-6,8-9,15-18H,3,7,10-13H2,1-2H3,(H2,21,22,23);1H. The van der Waals surface area contributed by atoms with E-state index in [9.17, 15) is 0 Å². The predicted molar refractivity (Wildman–Crippen MR) is 113 cm³/mol. The summed E-state index contributed by atoms with van der Waals surface area (Å²) in [5.41, 5.74) is 1.80. The second kappa shape index (κ2) is 7.82. The lowest BCUT2D eigenvalue weighted by atomic mass is 9.51. The molecule has 3 saturated carbocycles. The number of benzene rings is 1. The molecule has 1 aromatic rings. The quantitative estimate of drug-likeness (QED) is 0.405. The molecular weight excluding hydrogens is 425 g/mol. The summed E-state index contributed by atoms with van der Waals surface area (Å²) >= 11 is 0. The third-order valence-electron chi connectivity index (χ3n) is 6.31. The number of hydrogen-bond acceptors (Lipinski definition) is 2. The molecule has 1 spiro atoms. The molecule has 5 heteroatoms. The molecule has 0 heterocycles. The van der Waals surface area contributed by atoms with Crippen molar-refractivity contribution < 1.29 is 4.74 Å². The Morgan fingerprint density at radius 2 is 1.96 bits per heavy atom. The zero-order valence-electron chi connectivity index (χ0n) is 15.2. The van der Waals surface area contributed by atoms with E-state index >= 15 is 0 Å². The van der Waals surface area contributed by atoms with Gasteiger partial charge in [-0.3, -0.25) is 4.99 Å². The molecule has 1 aromatic carbocycles. The second-order valence-electron chi connectivity index (χ2n) is 7.54. The van der Waals surface area contributed by atoms with E-state index in [0.717, 1.165) is 19.0 Å². The van der Waals surface area contributed by atoms with Crippen LogP contribution in [0.2, 0.25) is 0 Å². The molecule has 0 saturated heterocycles. The highest BCUT2D eigenvalue weighted by atomic mass is 127. The zero-order valence-corrected chi connectivity index (χ0v) is 17.5. The molecule has 2 N–H and O–H groups in total. The van der Waals surface area contributed by atoms with Gasteiger partial charge in [0.25, 0.3) is 0 Å². The van der Waals surface area contributed by atoms with Crippen LogP contribution in [-0.2, 0) is 4.74 Å². The Morgan fingerprint density at radius 3 is 2.56 bits per heavy atom. The Kier molecular flexibility index (Phi) is 5.93. The summed E-state index contributed by atoms with van der Waals surface area (Å²) in [4.78, 5) is 4.47. The van der Waals surface area contributed by atoms with Crippen LogP contribution in [-0.4, -0.2) is 37.8 Å². The summed E-state index contributed by atoms with van der Waals surface area (Å²) < 4.78 is 5.95. The predicted octanol–water partition coefficient (Wildman–Crippen LogP) is 3.67. The van der Waals surface area contributed by atoms with E-state index in [1.807, 2.05) is 7.05 Å². The molecule has 4 rings (SSSR count). The van der Waals surface area contributed by atoms with Crippen LogP contribution in [0, 0.1) is 5.41 Å². The van der Waals surface area contributed by atoms with Crippen LogP contribution in [0.25, 0.3) is 0 Å². The molecule has 0 aromatic heterocycles. The van der Waals surface area contributed by atoms with Crippen LogP contribution in [0.15, 0.2) is 35.3 Å². The first-order valence-corrected chi connectivity index (χ1v) is 9.43. The average Bonchev–Trinajstić information content (AvgIpc) is 3.31. The molecular formula is C20H30IN3O. The largest absolute Gasteiger partial charge is 0.378 e. The fourth-order valence-electron chi connectivity index (χ4n) is 4.58. The smallest absolute Gasteiger partial charge is 0.191 e. The van der Waals surface area contributed by atoms with E-state index in [0.29, 0.717) is 29.5 Å². The van der Waals surface area contributed by atoms with Crippen LogP contribution in [0.1, 0.15) is 50.5 Å². The first kappa shape index (κ1) is 19.0. The van der Waals surface area contributed by atoms with Crippen LogP contribution in [0.5, 0.6) is 0 Å². The summed E-state index contributed by atoms with van der Waals surface area (Å²) in [5, 5.41) is 7.31. The summed E-state index contributed by atoms with van der Waals surface area (Å²) in [5.74, 6) is 1.59. The van der Waals surface area contributed by atoms with Gasteiger partial charge in [-0.25, -0.2) is 0 Å². The number of hydrogen-bond donors (Lipinski definition) is 2. The Morgan fingerprint density at radius 1 is 1.20 bits per heavy atom. The Labute approximate surface area is 168 Å². The van der Waals surface area contributed by atoms with Gasteiger partial charge in [0.15, 0.2) is 5.96 Å². The molecule has 4 atom stereocenters. The van der Waals surface area contributed by atoms with Gasteiger partial charge >= 0.3 is 0 Å². The third-order valence-corrected chi connectivity index (χ3v) is 6.31. The first-order chi connectivity index (χ1) is 11.8. The van der Waals surface area contributed by atoms with Crippen LogP contribution >= 0.6 is 24.0 Å². The van der Waals surface area contributed by atoms with E-state index in [1.54, 1.807) is 0 Å². The normalized spacial score (nSPS) is 32.2. The van der Waals surface area contributed by atoms with Gasteiger partial charge < -0.3 is 15.4 Å². The van der Waals surface area contributed by atoms with Crippen molar-refractivity contribution in [3.05, 3.63) is 35.9 Å². The Hall–Kier alpha value is -0.820. The lowest BCUT2D eigenvalue weighted by molar-refractivity contribution is -0.168. The minimum Gasteiger partial charge on any atom is -0.378 e. The molecule has 3 aliphatic carbocycles. The maximum absolute atomic E-state index is 5.95. The highest BCUT2D eigenvalue weighted by Gasteiger charge is 2.59. The molecule has 0 radical (unpaired) electrons. The van der Waals surface area contributed by atoms with Gasteiger partial charge in [0, 0.05) is 37.1 Å². The van der Waals surface area contributed by atoms with Crippen molar-refractivity contribution in [3.8, 4) is 0 Å². The van der Waals surface area contributed by atoms with E-state index in [-0.39, 0.29) is 24.0 Å². The third kappa shape index (κ3) is 3.54. The maximum atomic E-state index is 5.95. The monoisotopic (exact) mass is 455 g/mol. The van der Waals surface area contributed by atoms with Gasteiger partial charge in [0.05, 0.1) is 6.10 Å². The zero-order chi connectivity index (χ0) is 16.6. The summed E-state index contributed by atoms with van der Waals surface area (Å²) in [7, 11) is 1.88. The molecule has 3 aliphatic rings. The number of guanidine groups is 1. The van der Waals surface area contributed by atoms with E-state index < -0.39 is 0 Å². The SMILES string of the molecule is CCOC1CC(NC(=NC)NC2CC2c2ccccc2)C12CCC2.I. The molecule has 4 nitrogen and oxygen atoms in total. The van der Waals surface area contributed by atoms with Gasteiger partial charge in [-0.1, -0.05) is 36.8 Å². The first-order valence-electron chi connectivity index (χ1n) is 9.43. The van der Waals surface area contributed by atoms with Crippen molar-refractivity contribution in [1.29, 1.82) is 0 Å². The van der Waals surface area contributed by atoms with Crippen LogP contribution in [0.4, 0.5) is 0 Å². The van der Waals surface area contributed by atoms with Crippen molar-refractivity contribution in [2.45, 2.75) is 63.1 Å². The number of rotatable bonds is 5. The second-order valence-corrected chi connectivity index (χ2v) is 7.54. The number of aliphatic imine (C=N–C) groups is 1. The molecule has 0 amide bonds. The topological polar surface area (TPSA) is 45.6 Å². The molecule has 0 bridgehead atoms. The molecule has 0 aliphatic heterocycles. The lowest BCUT2D eigenvalue weighted by Gasteiger charge is -2.61. The highest BCUT2D eigenvalue weighted by Crippen LogP contribution is 2.57. The van der Waals surface area contributed by atoms with Gasteiger partial charge in [-0.05, 0) is 38.2 Å². The number of halogens is 1. The Balaban J connectivity index is 0.00000182. The van der Waals surface area contributed by atoms with Crippen LogP contribution in [0.3, 0.4) is 0 Å².